The van der Waals surface area contributed by atoms with Crippen LogP contribution in [0.25, 0.3) is 0 Å². The van der Waals surface area contributed by atoms with E-state index in [0.717, 1.165) is 26.6 Å². The zero-order chi connectivity index (χ0) is 19.3. The topological polar surface area (TPSA) is 62.6 Å². The summed E-state index contributed by atoms with van der Waals surface area (Å²) in [6.45, 7) is 8.49. The third kappa shape index (κ3) is 5.68. The standard InChI is InChI=1S/C20H27N3O2S/c1-13-9-14(2)20(15(3)10-13)22-19(25)12-23(5)11-18(24)21-16(4)17-7-6-8-26-17/h6-10,16H,11-12H2,1-5H3,(H,21,24)(H,22,25)/p+1/t16-/m0/s1. The van der Waals surface area contributed by atoms with E-state index in [2.05, 4.69) is 22.8 Å². The van der Waals surface area contributed by atoms with Crippen molar-refractivity contribution >= 4 is 28.8 Å². The van der Waals surface area contributed by atoms with Gasteiger partial charge in [-0.05, 0) is 50.3 Å². The number of likely N-dealkylation sites (N-methyl/N-ethyl adjacent to an activating group) is 1. The first-order chi connectivity index (χ1) is 12.3. The molecule has 0 saturated heterocycles. The number of aryl methyl sites for hydroxylation is 3. The van der Waals surface area contributed by atoms with Crippen molar-refractivity contribution in [2.45, 2.75) is 33.7 Å². The molecule has 0 aliphatic carbocycles. The van der Waals surface area contributed by atoms with Crippen molar-refractivity contribution < 1.29 is 14.5 Å². The van der Waals surface area contributed by atoms with Crippen LogP contribution in [-0.4, -0.2) is 32.0 Å². The molecule has 0 radical (unpaired) electrons. The Kier molecular flexibility index (Phi) is 6.94. The number of carbonyl (C=O) groups excluding carboxylic acids is 2. The van der Waals surface area contributed by atoms with E-state index in [9.17, 15) is 9.59 Å². The summed E-state index contributed by atoms with van der Waals surface area (Å²) in [5.41, 5.74) is 4.15. The van der Waals surface area contributed by atoms with Crippen LogP contribution in [0.4, 0.5) is 5.69 Å². The summed E-state index contributed by atoms with van der Waals surface area (Å²) in [5.74, 6) is -0.143. The van der Waals surface area contributed by atoms with Crippen LogP contribution < -0.4 is 15.5 Å². The van der Waals surface area contributed by atoms with Crippen molar-refractivity contribution in [1.82, 2.24) is 5.32 Å². The molecule has 2 aromatic rings. The third-order valence-electron chi connectivity index (χ3n) is 4.21. The number of hydrogen-bond acceptors (Lipinski definition) is 3. The minimum absolute atomic E-state index is 0.0121. The van der Waals surface area contributed by atoms with Gasteiger partial charge in [0.05, 0.1) is 13.1 Å². The number of amides is 2. The van der Waals surface area contributed by atoms with Crippen LogP contribution >= 0.6 is 11.3 Å². The number of thiophene rings is 1. The minimum Gasteiger partial charge on any atom is -0.344 e. The first kappa shape index (κ1) is 20.1. The van der Waals surface area contributed by atoms with E-state index in [4.69, 9.17) is 0 Å². The first-order valence-electron chi connectivity index (χ1n) is 8.78. The van der Waals surface area contributed by atoms with Crippen LogP contribution in [0, 0.1) is 20.8 Å². The minimum atomic E-state index is -0.0864. The Morgan fingerprint density at radius 2 is 1.73 bits per heavy atom. The molecule has 1 unspecified atom stereocenters. The van der Waals surface area contributed by atoms with Gasteiger partial charge in [0.1, 0.15) is 0 Å². The Hall–Kier alpha value is -2.18. The molecule has 3 N–H and O–H groups in total. The van der Waals surface area contributed by atoms with E-state index in [-0.39, 0.29) is 30.9 Å². The molecule has 0 aliphatic heterocycles. The lowest BCUT2D eigenvalue weighted by Gasteiger charge is -2.17. The monoisotopic (exact) mass is 374 g/mol. The maximum absolute atomic E-state index is 12.3. The molecular formula is C20H28N3O2S+. The molecule has 26 heavy (non-hydrogen) atoms. The van der Waals surface area contributed by atoms with Crippen LogP contribution in [-0.2, 0) is 9.59 Å². The molecule has 2 rings (SSSR count). The number of carbonyl (C=O) groups is 2. The van der Waals surface area contributed by atoms with Gasteiger partial charge in [0.25, 0.3) is 11.8 Å². The van der Waals surface area contributed by atoms with Gasteiger partial charge in [-0.25, -0.2) is 0 Å². The zero-order valence-corrected chi connectivity index (χ0v) is 16.9. The number of nitrogens with one attached hydrogen (secondary N) is 3. The summed E-state index contributed by atoms with van der Waals surface area (Å²) in [6, 6.07) is 8.07. The van der Waals surface area contributed by atoms with Crippen LogP contribution in [0.2, 0.25) is 0 Å². The largest absolute Gasteiger partial charge is 0.344 e. The highest BCUT2D eigenvalue weighted by Crippen LogP contribution is 2.21. The van der Waals surface area contributed by atoms with Gasteiger partial charge in [0.15, 0.2) is 13.1 Å². The van der Waals surface area contributed by atoms with E-state index >= 15 is 0 Å². The molecule has 140 valence electrons. The molecular weight excluding hydrogens is 346 g/mol. The SMILES string of the molecule is Cc1cc(C)c(NC(=O)C[NH+](C)CC(=O)N[C@@H](C)c2cccs2)c(C)c1. The molecule has 6 heteroatoms. The quantitative estimate of drug-likeness (QED) is 0.694. The smallest absolute Gasteiger partial charge is 0.279 e. The van der Waals surface area contributed by atoms with Crippen molar-refractivity contribution in [1.29, 1.82) is 0 Å². The average molecular weight is 375 g/mol. The lowest BCUT2D eigenvalue weighted by atomic mass is 10.1. The Bertz CT molecular complexity index is 748. The highest BCUT2D eigenvalue weighted by atomic mass is 32.1. The molecule has 0 spiro atoms. The number of quaternary nitrogens is 1. The Morgan fingerprint density at radius 1 is 1.12 bits per heavy atom. The van der Waals surface area contributed by atoms with E-state index < -0.39 is 0 Å². The van der Waals surface area contributed by atoms with Crippen LogP contribution in [0.1, 0.15) is 34.5 Å². The molecule has 5 nitrogen and oxygen atoms in total. The van der Waals surface area contributed by atoms with Crippen molar-refractivity contribution in [3.8, 4) is 0 Å². The van der Waals surface area contributed by atoms with Crippen molar-refractivity contribution in [3.63, 3.8) is 0 Å². The van der Waals surface area contributed by atoms with Crippen molar-refractivity contribution in [2.24, 2.45) is 0 Å². The second kappa shape index (κ2) is 8.96. The molecule has 0 fully saturated rings. The van der Waals surface area contributed by atoms with E-state index in [1.165, 1.54) is 5.56 Å². The van der Waals surface area contributed by atoms with Gasteiger partial charge in [0, 0.05) is 10.6 Å². The summed E-state index contributed by atoms with van der Waals surface area (Å²) < 4.78 is 0. The maximum Gasteiger partial charge on any atom is 0.279 e. The van der Waals surface area contributed by atoms with Gasteiger partial charge in [0.2, 0.25) is 0 Å². The third-order valence-corrected chi connectivity index (χ3v) is 5.27. The predicted molar refractivity (Wildman–Crippen MR) is 107 cm³/mol. The maximum atomic E-state index is 12.3. The number of hydrogen-bond donors (Lipinski definition) is 3. The van der Waals surface area contributed by atoms with Crippen LogP contribution in [0.3, 0.4) is 0 Å². The van der Waals surface area contributed by atoms with Crippen LogP contribution in [0.15, 0.2) is 29.6 Å². The highest BCUT2D eigenvalue weighted by Gasteiger charge is 2.17. The lowest BCUT2D eigenvalue weighted by molar-refractivity contribution is -0.862. The summed E-state index contributed by atoms with van der Waals surface area (Å²) in [7, 11) is 1.85. The van der Waals surface area contributed by atoms with Gasteiger partial charge >= 0.3 is 0 Å². The molecule has 0 saturated carbocycles. The molecule has 0 aliphatic rings. The highest BCUT2D eigenvalue weighted by molar-refractivity contribution is 7.10. The molecule has 2 atom stereocenters. The van der Waals surface area contributed by atoms with Gasteiger partial charge in [-0.3, -0.25) is 9.59 Å². The van der Waals surface area contributed by atoms with Crippen molar-refractivity contribution in [2.75, 3.05) is 25.5 Å². The summed E-state index contributed by atoms with van der Waals surface area (Å²) in [6.07, 6.45) is 0. The zero-order valence-electron chi connectivity index (χ0n) is 16.1. The fraction of sp³-hybridized carbons (Fsp3) is 0.400. The fourth-order valence-corrected chi connectivity index (χ4v) is 3.81. The fourth-order valence-electron chi connectivity index (χ4n) is 3.07. The van der Waals surface area contributed by atoms with Gasteiger partial charge in [-0.1, -0.05) is 23.8 Å². The predicted octanol–water partition coefficient (Wildman–Crippen LogP) is 2.00. The Balaban J connectivity index is 1.84. The lowest BCUT2D eigenvalue weighted by Crippen LogP contribution is -3.11. The van der Waals surface area contributed by atoms with Gasteiger partial charge in [-0.2, -0.15) is 0 Å². The average Bonchev–Trinajstić information content (AvgIpc) is 3.04. The van der Waals surface area contributed by atoms with Gasteiger partial charge in [-0.15, -0.1) is 11.3 Å². The summed E-state index contributed by atoms with van der Waals surface area (Å²) in [5, 5.41) is 7.96. The normalized spacial score (nSPS) is 13.1. The van der Waals surface area contributed by atoms with Crippen molar-refractivity contribution in [3.05, 3.63) is 51.2 Å². The molecule has 1 aromatic carbocycles. The summed E-state index contributed by atoms with van der Waals surface area (Å²) >= 11 is 1.62. The van der Waals surface area contributed by atoms with Crippen LogP contribution in [0.5, 0.6) is 0 Å². The second-order valence-corrected chi connectivity index (χ2v) is 7.92. The Morgan fingerprint density at radius 3 is 2.31 bits per heavy atom. The Labute approximate surface area is 159 Å². The van der Waals surface area contributed by atoms with E-state index in [0.29, 0.717) is 0 Å². The molecule has 2 amide bonds. The number of rotatable bonds is 7. The van der Waals surface area contributed by atoms with E-state index in [1.54, 1.807) is 11.3 Å². The number of benzene rings is 1. The molecule has 0 bridgehead atoms. The second-order valence-electron chi connectivity index (χ2n) is 6.94. The molecule has 1 aromatic heterocycles. The molecule has 1 heterocycles. The first-order valence-corrected chi connectivity index (χ1v) is 9.66. The van der Waals surface area contributed by atoms with E-state index in [1.807, 2.05) is 52.3 Å². The summed E-state index contributed by atoms with van der Waals surface area (Å²) in [4.78, 5) is 26.5. The van der Waals surface area contributed by atoms with Gasteiger partial charge < -0.3 is 15.5 Å². The number of anilines is 1.